The number of benzene rings is 1. The highest BCUT2D eigenvalue weighted by atomic mass is 19.1. The van der Waals surface area contributed by atoms with Gasteiger partial charge in [-0.05, 0) is 30.9 Å². The Balaban J connectivity index is 2.25. The molecule has 0 spiro atoms. The van der Waals surface area contributed by atoms with Crippen LogP contribution in [0.1, 0.15) is 43.0 Å². The van der Waals surface area contributed by atoms with Crippen LogP contribution >= 0.6 is 0 Å². The van der Waals surface area contributed by atoms with Crippen molar-refractivity contribution in [1.82, 2.24) is 5.32 Å². The van der Waals surface area contributed by atoms with E-state index in [9.17, 15) is 13.6 Å². The summed E-state index contributed by atoms with van der Waals surface area (Å²) in [6.07, 6.45) is 3.75. The van der Waals surface area contributed by atoms with Crippen molar-refractivity contribution in [2.45, 2.75) is 38.1 Å². The number of amides is 1. The molecule has 0 bridgehead atoms. The number of rotatable bonds is 3. The zero-order chi connectivity index (χ0) is 14.8. The Labute approximate surface area is 117 Å². The number of carbonyl (C=O) groups is 1. The van der Waals surface area contributed by atoms with E-state index in [1.807, 2.05) is 6.92 Å². The van der Waals surface area contributed by atoms with E-state index in [2.05, 4.69) is 5.32 Å². The van der Waals surface area contributed by atoms with Gasteiger partial charge in [0.25, 0.3) is 5.91 Å². The fourth-order valence-electron chi connectivity index (χ4n) is 2.96. The van der Waals surface area contributed by atoms with Gasteiger partial charge in [0, 0.05) is 6.54 Å². The SMILES string of the molecule is CC1CCCCC1(CN)NC(=O)c1c(F)cccc1F. The summed E-state index contributed by atoms with van der Waals surface area (Å²) in [6, 6.07) is 3.40. The second kappa shape index (κ2) is 5.87. The first-order valence-corrected chi connectivity index (χ1v) is 6.97. The minimum absolute atomic E-state index is 0.194. The first-order valence-electron chi connectivity index (χ1n) is 6.97. The van der Waals surface area contributed by atoms with Gasteiger partial charge in [0.1, 0.15) is 17.2 Å². The third-order valence-electron chi connectivity index (χ3n) is 4.37. The van der Waals surface area contributed by atoms with Crippen LogP contribution in [-0.4, -0.2) is 18.0 Å². The molecule has 0 heterocycles. The molecule has 5 heteroatoms. The first kappa shape index (κ1) is 14.9. The minimum atomic E-state index is -0.849. The van der Waals surface area contributed by atoms with Gasteiger partial charge < -0.3 is 11.1 Å². The van der Waals surface area contributed by atoms with E-state index >= 15 is 0 Å². The molecule has 0 aliphatic heterocycles. The van der Waals surface area contributed by atoms with Gasteiger partial charge in [0.15, 0.2) is 0 Å². The summed E-state index contributed by atoms with van der Waals surface area (Å²) >= 11 is 0. The molecule has 0 saturated heterocycles. The number of hydrogen-bond acceptors (Lipinski definition) is 2. The zero-order valence-electron chi connectivity index (χ0n) is 11.6. The maximum absolute atomic E-state index is 13.6. The van der Waals surface area contributed by atoms with Crippen molar-refractivity contribution < 1.29 is 13.6 Å². The van der Waals surface area contributed by atoms with Crippen LogP contribution in [0.15, 0.2) is 18.2 Å². The van der Waals surface area contributed by atoms with Crippen LogP contribution in [0.5, 0.6) is 0 Å². The van der Waals surface area contributed by atoms with E-state index in [1.54, 1.807) is 0 Å². The Morgan fingerprint density at radius 3 is 2.60 bits per heavy atom. The molecule has 1 aromatic rings. The van der Waals surface area contributed by atoms with E-state index in [0.29, 0.717) is 0 Å². The summed E-state index contributed by atoms with van der Waals surface area (Å²) in [5.41, 5.74) is 4.73. The summed E-state index contributed by atoms with van der Waals surface area (Å²) in [4.78, 5) is 12.2. The van der Waals surface area contributed by atoms with Crippen LogP contribution in [-0.2, 0) is 0 Å². The number of nitrogens with two attached hydrogens (primary N) is 1. The Morgan fingerprint density at radius 2 is 2.05 bits per heavy atom. The topological polar surface area (TPSA) is 55.1 Å². The number of hydrogen-bond donors (Lipinski definition) is 2. The third kappa shape index (κ3) is 2.68. The number of nitrogens with one attached hydrogen (secondary N) is 1. The summed E-state index contributed by atoms with van der Waals surface area (Å²) in [7, 11) is 0. The van der Waals surface area contributed by atoms with Crippen molar-refractivity contribution in [3.63, 3.8) is 0 Å². The van der Waals surface area contributed by atoms with Crippen LogP contribution in [0, 0.1) is 17.6 Å². The molecule has 1 amide bonds. The number of halogens is 2. The normalized spacial score (nSPS) is 26.3. The molecule has 3 nitrogen and oxygen atoms in total. The lowest BCUT2D eigenvalue weighted by Gasteiger charge is -2.42. The van der Waals surface area contributed by atoms with Crippen LogP contribution in [0.4, 0.5) is 8.78 Å². The van der Waals surface area contributed by atoms with Gasteiger partial charge in [0.2, 0.25) is 0 Å². The molecule has 1 fully saturated rings. The second-order valence-corrected chi connectivity index (χ2v) is 5.56. The summed E-state index contributed by atoms with van der Waals surface area (Å²) in [5.74, 6) is -2.23. The van der Waals surface area contributed by atoms with E-state index < -0.39 is 28.6 Å². The molecule has 2 unspecified atom stereocenters. The monoisotopic (exact) mass is 282 g/mol. The van der Waals surface area contributed by atoms with Gasteiger partial charge in [-0.3, -0.25) is 4.79 Å². The van der Waals surface area contributed by atoms with E-state index in [-0.39, 0.29) is 12.5 Å². The molecule has 1 aromatic carbocycles. The Kier molecular flexibility index (Phi) is 4.38. The molecule has 2 rings (SSSR count). The molecular formula is C15H20F2N2O. The highest BCUT2D eigenvalue weighted by Gasteiger charge is 2.39. The Bertz CT molecular complexity index is 486. The lowest BCUT2D eigenvalue weighted by molar-refractivity contribution is 0.0804. The molecule has 1 saturated carbocycles. The fourth-order valence-corrected chi connectivity index (χ4v) is 2.96. The standard InChI is InChI=1S/C15H20F2N2O/c1-10-5-2-3-8-15(10,9-18)19-14(20)13-11(16)6-4-7-12(13)17/h4,6-7,10H,2-3,5,8-9,18H2,1H3,(H,19,20). The van der Waals surface area contributed by atoms with Crippen LogP contribution < -0.4 is 11.1 Å². The molecule has 0 radical (unpaired) electrons. The fraction of sp³-hybridized carbons (Fsp3) is 0.533. The van der Waals surface area contributed by atoms with Gasteiger partial charge in [-0.25, -0.2) is 8.78 Å². The average Bonchev–Trinajstić information content (AvgIpc) is 2.41. The van der Waals surface area contributed by atoms with E-state index in [0.717, 1.165) is 37.8 Å². The van der Waals surface area contributed by atoms with Crippen LogP contribution in [0.2, 0.25) is 0 Å². The molecule has 110 valence electrons. The third-order valence-corrected chi connectivity index (χ3v) is 4.37. The van der Waals surface area contributed by atoms with Crippen molar-refractivity contribution in [3.8, 4) is 0 Å². The summed E-state index contributed by atoms with van der Waals surface area (Å²) in [6.45, 7) is 2.29. The summed E-state index contributed by atoms with van der Waals surface area (Å²) in [5, 5.41) is 2.79. The van der Waals surface area contributed by atoms with Gasteiger partial charge in [-0.1, -0.05) is 25.8 Å². The van der Waals surface area contributed by atoms with E-state index in [1.165, 1.54) is 6.07 Å². The Morgan fingerprint density at radius 1 is 1.40 bits per heavy atom. The smallest absolute Gasteiger partial charge is 0.257 e. The van der Waals surface area contributed by atoms with Gasteiger partial charge in [-0.15, -0.1) is 0 Å². The first-order chi connectivity index (χ1) is 9.50. The van der Waals surface area contributed by atoms with Gasteiger partial charge in [-0.2, -0.15) is 0 Å². The lowest BCUT2D eigenvalue weighted by atomic mass is 9.73. The zero-order valence-corrected chi connectivity index (χ0v) is 11.6. The molecular weight excluding hydrogens is 262 g/mol. The highest BCUT2D eigenvalue weighted by molar-refractivity contribution is 5.95. The van der Waals surface area contributed by atoms with Crippen molar-refractivity contribution in [1.29, 1.82) is 0 Å². The van der Waals surface area contributed by atoms with Crippen LogP contribution in [0.3, 0.4) is 0 Å². The molecule has 3 N–H and O–H groups in total. The molecule has 20 heavy (non-hydrogen) atoms. The maximum atomic E-state index is 13.6. The quantitative estimate of drug-likeness (QED) is 0.895. The maximum Gasteiger partial charge on any atom is 0.257 e. The molecule has 2 atom stereocenters. The molecule has 1 aliphatic rings. The Hall–Kier alpha value is -1.49. The largest absolute Gasteiger partial charge is 0.345 e. The summed E-state index contributed by atoms with van der Waals surface area (Å²) < 4.78 is 27.3. The lowest BCUT2D eigenvalue weighted by Crippen LogP contribution is -2.59. The minimum Gasteiger partial charge on any atom is -0.345 e. The van der Waals surface area contributed by atoms with Crippen molar-refractivity contribution in [2.75, 3.05) is 6.54 Å². The van der Waals surface area contributed by atoms with Crippen molar-refractivity contribution >= 4 is 5.91 Å². The van der Waals surface area contributed by atoms with Crippen LogP contribution in [0.25, 0.3) is 0 Å². The predicted octanol–water partition coefficient (Wildman–Crippen LogP) is 2.60. The number of carbonyl (C=O) groups excluding carboxylic acids is 1. The van der Waals surface area contributed by atoms with E-state index in [4.69, 9.17) is 5.73 Å². The molecule has 1 aliphatic carbocycles. The second-order valence-electron chi connectivity index (χ2n) is 5.56. The predicted molar refractivity (Wildman–Crippen MR) is 73.2 cm³/mol. The highest BCUT2D eigenvalue weighted by Crippen LogP contribution is 2.33. The van der Waals surface area contributed by atoms with Crippen molar-refractivity contribution in [2.24, 2.45) is 11.7 Å². The average molecular weight is 282 g/mol. The molecule has 0 aromatic heterocycles. The van der Waals surface area contributed by atoms with Crippen molar-refractivity contribution in [3.05, 3.63) is 35.4 Å². The van der Waals surface area contributed by atoms with Gasteiger partial charge in [0.05, 0.1) is 5.54 Å². The van der Waals surface area contributed by atoms with Gasteiger partial charge >= 0.3 is 0 Å².